The maximum atomic E-state index is 4.78. The van der Waals surface area contributed by atoms with Crippen LogP contribution in [-0.2, 0) is 6.54 Å². The summed E-state index contributed by atoms with van der Waals surface area (Å²) >= 11 is 0. The molecule has 6 heteroatoms. The van der Waals surface area contributed by atoms with Crippen molar-refractivity contribution in [3.63, 3.8) is 0 Å². The fourth-order valence-electron chi connectivity index (χ4n) is 3.39. The van der Waals surface area contributed by atoms with Crippen molar-refractivity contribution in [3.8, 4) is 0 Å². The van der Waals surface area contributed by atoms with E-state index in [1.807, 2.05) is 18.5 Å². The van der Waals surface area contributed by atoms with E-state index in [-0.39, 0.29) is 0 Å². The molecule has 2 aromatic heterocycles. The number of aromatic nitrogens is 4. The minimum Gasteiger partial charge on any atom is -0.356 e. The second-order valence-electron chi connectivity index (χ2n) is 6.86. The van der Waals surface area contributed by atoms with Crippen LogP contribution in [0.1, 0.15) is 43.1 Å². The van der Waals surface area contributed by atoms with Crippen LogP contribution in [-0.4, -0.2) is 51.0 Å². The number of likely N-dealkylation sites (tertiary alicyclic amines) is 1. The molecule has 126 valence electrons. The monoisotopic (exact) mass is 324 g/mol. The highest BCUT2D eigenvalue weighted by Crippen LogP contribution is 2.38. The first-order valence-corrected chi connectivity index (χ1v) is 8.82. The lowest BCUT2D eigenvalue weighted by Gasteiger charge is -2.37. The molecule has 2 fully saturated rings. The van der Waals surface area contributed by atoms with Gasteiger partial charge in [0.25, 0.3) is 0 Å². The molecule has 0 unspecified atom stereocenters. The van der Waals surface area contributed by atoms with Crippen LogP contribution in [0.25, 0.3) is 0 Å². The van der Waals surface area contributed by atoms with Gasteiger partial charge in [-0.05, 0) is 31.7 Å². The van der Waals surface area contributed by atoms with Crippen molar-refractivity contribution < 1.29 is 0 Å². The molecule has 1 saturated heterocycles. The highest BCUT2D eigenvalue weighted by molar-refractivity contribution is 5.38. The van der Waals surface area contributed by atoms with E-state index in [4.69, 9.17) is 4.98 Å². The van der Waals surface area contributed by atoms with Crippen molar-refractivity contribution in [2.75, 3.05) is 25.0 Å². The molecule has 1 aliphatic carbocycles. The van der Waals surface area contributed by atoms with E-state index < -0.39 is 0 Å². The third-order valence-electron chi connectivity index (χ3n) is 5.07. The zero-order chi connectivity index (χ0) is 16.4. The molecule has 2 aliphatic rings. The lowest BCUT2D eigenvalue weighted by molar-refractivity contribution is 0.201. The molecule has 4 rings (SSSR count). The quantitative estimate of drug-likeness (QED) is 0.841. The van der Waals surface area contributed by atoms with Gasteiger partial charge in [0.1, 0.15) is 11.6 Å². The van der Waals surface area contributed by atoms with E-state index in [2.05, 4.69) is 31.8 Å². The lowest BCUT2D eigenvalue weighted by atomic mass is 10.0. The molecule has 1 saturated carbocycles. The highest BCUT2D eigenvalue weighted by Gasteiger charge is 2.28. The van der Waals surface area contributed by atoms with E-state index in [1.54, 1.807) is 12.4 Å². The Kier molecular flexibility index (Phi) is 4.38. The van der Waals surface area contributed by atoms with Gasteiger partial charge in [0.05, 0.1) is 5.69 Å². The van der Waals surface area contributed by atoms with Crippen molar-refractivity contribution in [3.05, 3.63) is 42.4 Å². The van der Waals surface area contributed by atoms with Crippen LogP contribution >= 0.6 is 0 Å². The number of rotatable bonds is 5. The normalized spacial score (nSPS) is 19.4. The van der Waals surface area contributed by atoms with E-state index in [0.29, 0.717) is 12.0 Å². The van der Waals surface area contributed by atoms with Crippen LogP contribution < -0.4 is 4.90 Å². The summed E-state index contributed by atoms with van der Waals surface area (Å²) in [6, 6.07) is 2.59. The number of hydrogen-bond donors (Lipinski definition) is 0. The predicted octanol–water partition coefficient (Wildman–Crippen LogP) is 2.24. The second kappa shape index (κ2) is 6.81. The summed E-state index contributed by atoms with van der Waals surface area (Å²) in [5, 5.41) is 0. The Labute approximate surface area is 143 Å². The van der Waals surface area contributed by atoms with Gasteiger partial charge in [0.15, 0.2) is 0 Å². The smallest absolute Gasteiger partial charge is 0.133 e. The molecular formula is C18H24N6. The van der Waals surface area contributed by atoms with E-state index in [9.17, 15) is 0 Å². The van der Waals surface area contributed by atoms with Crippen molar-refractivity contribution in [2.24, 2.45) is 0 Å². The van der Waals surface area contributed by atoms with E-state index in [1.165, 1.54) is 12.8 Å². The Morgan fingerprint density at radius 2 is 1.92 bits per heavy atom. The highest BCUT2D eigenvalue weighted by atomic mass is 15.2. The van der Waals surface area contributed by atoms with Gasteiger partial charge in [-0.25, -0.2) is 9.97 Å². The maximum absolute atomic E-state index is 4.78. The summed E-state index contributed by atoms with van der Waals surface area (Å²) in [7, 11) is 2.17. The van der Waals surface area contributed by atoms with Gasteiger partial charge in [0, 0.05) is 63.4 Å². The summed E-state index contributed by atoms with van der Waals surface area (Å²) in [5.41, 5.74) is 1.05. The average molecular weight is 324 g/mol. The zero-order valence-corrected chi connectivity index (χ0v) is 14.2. The molecule has 1 aliphatic heterocycles. The molecule has 24 heavy (non-hydrogen) atoms. The van der Waals surface area contributed by atoms with Crippen LogP contribution in [0, 0.1) is 0 Å². The fraction of sp³-hybridized carbons (Fsp3) is 0.556. The molecule has 2 aromatic rings. The molecule has 6 nitrogen and oxygen atoms in total. The van der Waals surface area contributed by atoms with Gasteiger partial charge in [-0.2, -0.15) is 0 Å². The second-order valence-corrected chi connectivity index (χ2v) is 6.86. The summed E-state index contributed by atoms with van der Waals surface area (Å²) in [6.45, 7) is 3.07. The topological polar surface area (TPSA) is 58.0 Å². The summed E-state index contributed by atoms with van der Waals surface area (Å²) in [5.74, 6) is 2.70. The zero-order valence-electron chi connectivity index (χ0n) is 14.2. The number of piperidine rings is 1. The largest absolute Gasteiger partial charge is 0.356 e. The van der Waals surface area contributed by atoms with Crippen molar-refractivity contribution in [1.82, 2.24) is 24.8 Å². The Hall–Kier alpha value is -2.08. The van der Waals surface area contributed by atoms with E-state index in [0.717, 1.165) is 49.8 Å². The fourth-order valence-corrected chi connectivity index (χ4v) is 3.39. The minimum absolute atomic E-state index is 0.546. The maximum Gasteiger partial charge on any atom is 0.133 e. The Bertz CT molecular complexity index is 664. The summed E-state index contributed by atoms with van der Waals surface area (Å²) in [6.07, 6.45) is 12.1. The number of anilines is 1. The van der Waals surface area contributed by atoms with Gasteiger partial charge < -0.3 is 4.90 Å². The Balaban J connectivity index is 1.34. The molecule has 0 N–H and O–H groups in total. The lowest BCUT2D eigenvalue weighted by Crippen LogP contribution is -2.43. The number of hydrogen-bond acceptors (Lipinski definition) is 6. The van der Waals surface area contributed by atoms with Gasteiger partial charge in [-0.15, -0.1) is 0 Å². The van der Waals surface area contributed by atoms with Crippen LogP contribution in [0.5, 0.6) is 0 Å². The van der Waals surface area contributed by atoms with Gasteiger partial charge in [0.2, 0.25) is 0 Å². The molecule has 0 bridgehead atoms. The molecule has 0 spiro atoms. The first-order valence-electron chi connectivity index (χ1n) is 8.82. The Morgan fingerprint density at radius 3 is 2.62 bits per heavy atom. The number of nitrogens with zero attached hydrogens (tertiary/aromatic N) is 6. The average Bonchev–Trinajstić information content (AvgIpc) is 3.48. The van der Waals surface area contributed by atoms with Crippen LogP contribution in [0.3, 0.4) is 0 Å². The van der Waals surface area contributed by atoms with Gasteiger partial charge in [-0.1, -0.05) is 0 Å². The van der Waals surface area contributed by atoms with Crippen molar-refractivity contribution >= 4 is 5.82 Å². The summed E-state index contributed by atoms with van der Waals surface area (Å²) in [4.78, 5) is 22.5. The SMILES string of the molecule is CN(c1ccnc(C2CC2)n1)C1CCN(Cc2cnccn2)CC1. The van der Waals surface area contributed by atoms with Crippen molar-refractivity contribution in [2.45, 2.75) is 44.2 Å². The molecule has 3 heterocycles. The third kappa shape index (κ3) is 3.53. The molecular weight excluding hydrogens is 300 g/mol. The van der Waals surface area contributed by atoms with Crippen LogP contribution in [0.2, 0.25) is 0 Å². The summed E-state index contributed by atoms with van der Waals surface area (Å²) < 4.78 is 0. The first-order chi connectivity index (χ1) is 11.8. The molecule has 0 atom stereocenters. The van der Waals surface area contributed by atoms with Crippen molar-refractivity contribution in [1.29, 1.82) is 0 Å². The van der Waals surface area contributed by atoms with Crippen LogP contribution in [0.15, 0.2) is 30.9 Å². The molecule has 0 amide bonds. The molecule has 0 aromatic carbocycles. The third-order valence-corrected chi connectivity index (χ3v) is 5.07. The van der Waals surface area contributed by atoms with E-state index >= 15 is 0 Å². The Morgan fingerprint density at radius 1 is 1.08 bits per heavy atom. The minimum atomic E-state index is 0.546. The predicted molar refractivity (Wildman–Crippen MR) is 92.7 cm³/mol. The van der Waals surface area contributed by atoms with Gasteiger partial charge in [-0.3, -0.25) is 14.9 Å². The van der Waals surface area contributed by atoms with Crippen LogP contribution in [0.4, 0.5) is 5.82 Å². The van der Waals surface area contributed by atoms with Gasteiger partial charge >= 0.3 is 0 Å². The standard InChI is InChI=1S/C18H24N6/c1-23(17-4-7-21-18(22-17)14-2-3-14)16-5-10-24(11-6-16)13-15-12-19-8-9-20-15/h4,7-9,12,14,16H,2-3,5-6,10-11,13H2,1H3. The first kappa shape index (κ1) is 15.4. The molecule has 0 radical (unpaired) electrons.